The standard InChI is InChI=1S/C14H26N4O/c1-4-15-9-12-8-14(19-16-12)11-18-7-5-6-13(10-18)17(2)3/h8,13,15H,4-7,9-11H2,1-3H3. The summed E-state index contributed by atoms with van der Waals surface area (Å²) in [4.78, 5) is 4.79. The van der Waals surface area contributed by atoms with Gasteiger partial charge in [-0.2, -0.15) is 0 Å². The Morgan fingerprint density at radius 3 is 3.11 bits per heavy atom. The third kappa shape index (κ3) is 4.30. The average Bonchev–Trinajstić information content (AvgIpc) is 2.84. The van der Waals surface area contributed by atoms with E-state index in [-0.39, 0.29) is 0 Å². The highest BCUT2D eigenvalue weighted by molar-refractivity contribution is 5.05. The molecule has 0 bridgehead atoms. The minimum Gasteiger partial charge on any atom is -0.360 e. The van der Waals surface area contributed by atoms with E-state index in [2.05, 4.69) is 47.4 Å². The van der Waals surface area contributed by atoms with Crippen molar-refractivity contribution < 1.29 is 4.52 Å². The molecule has 0 saturated carbocycles. The minimum absolute atomic E-state index is 0.665. The summed E-state index contributed by atoms with van der Waals surface area (Å²) in [6.07, 6.45) is 2.56. The van der Waals surface area contributed by atoms with Crippen LogP contribution in [-0.4, -0.2) is 54.7 Å². The lowest BCUT2D eigenvalue weighted by Gasteiger charge is -2.35. The van der Waals surface area contributed by atoms with Gasteiger partial charge in [-0.1, -0.05) is 12.1 Å². The van der Waals surface area contributed by atoms with Gasteiger partial charge in [-0.3, -0.25) is 4.90 Å². The van der Waals surface area contributed by atoms with Gasteiger partial charge in [0.2, 0.25) is 0 Å². The smallest absolute Gasteiger partial charge is 0.151 e. The predicted octanol–water partition coefficient (Wildman–Crippen LogP) is 1.31. The zero-order valence-electron chi connectivity index (χ0n) is 12.4. The number of likely N-dealkylation sites (N-methyl/N-ethyl adjacent to an activating group) is 1. The molecule has 1 unspecified atom stereocenters. The van der Waals surface area contributed by atoms with Crippen LogP contribution in [0, 0.1) is 0 Å². The molecule has 0 aromatic carbocycles. The molecule has 1 aromatic rings. The van der Waals surface area contributed by atoms with Gasteiger partial charge in [0.15, 0.2) is 5.76 Å². The second-order valence-corrected chi connectivity index (χ2v) is 5.56. The molecule has 0 aliphatic carbocycles. The Kier molecular flexibility index (Phi) is 5.36. The Bertz CT molecular complexity index is 377. The molecule has 108 valence electrons. The molecule has 0 radical (unpaired) electrons. The maximum atomic E-state index is 5.41. The molecule has 1 aliphatic rings. The molecule has 19 heavy (non-hydrogen) atoms. The molecule has 1 atom stereocenters. The van der Waals surface area contributed by atoms with E-state index in [1.807, 2.05) is 0 Å². The molecule has 5 heteroatoms. The fraction of sp³-hybridized carbons (Fsp3) is 0.786. The maximum absolute atomic E-state index is 5.41. The van der Waals surface area contributed by atoms with E-state index in [0.717, 1.165) is 44.2 Å². The first-order valence-electron chi connectivity index (χ1n) is 7.23. The Hall–Kier alpha value is -0.910. The zero-order valence-corrected chi connectivity index (χ0v) is 12.4. The van der Waals surface area contributed by atoms with Crippen LogP contribution in [0.4, 0.5) is 0 Å². The molecule has 0 amide bonds. The number of hydrogen-bond donors (Lipinski definition) is 1. The summed E-state index contributed by atoms with van der Waals surface area (Å²) in [5.41, 5.74) is 0.998. The summed E-state index contributed by atoms with van der Waals surface area (Å²) in [5.74, 6) is 0.979. The second kappa shape index (κ2) is 7.03. The van der Waals surface area contributed by atoms with Gasteiger partial charge in [0, 0.05) is 25.2 Å². The van der Waals surface area contributed by atoms with Gasteiger partial charge in [0.1, 0.15) is 0 Å². The van der Waals surface area contributed by atoms with Crippen LogP contribution in [0.25, 0.3) is 0 Å². The first-order chi connectivity index (χ1) is 9.19. The zero-order chi connectivity index (χ0) is 13.7. The molecule has 1 saturated heterocycles. The number of piperidine rings is 1. The fourth-order valence-corrected chi connectivity index (χ4v) is 2.58. The largest absolute Gasteiger partial charge is 0.360 e. The van der Waals surface area contributed by atoms with Crippen molar-refractivity contribution in [3.8, 4) is 0 Å². The third-order valence-corrected chi connectivity index (χ3v) is 3.75. The lowest BCUT2D eigenvalue weighted by molar-refractivity contribution is 0.119. The van der Waals surface area contributed by atoms with E-state index < -0.39 is 0 Å². The molecule has 1 N–H and O–H groups in total. The number of aromatic nitrogens is 1. The monoisotopic (exact) mass is 266 g/mol. The third-order valence-electron chi connectivity index (χ3n) is 3.75. The van der Waals surface area contributed by atoms with E-state index >= 15 is 0 Å². The lowest BCUT2D eigenvalue weighted by atomic mass is 10.0. The number of likely N-dealkylation sites (tertiary alicyclic amines) is 1. The Morgan fingerprint density at radius 1 is 1.53 bits per heavy atom. The normalized spacial score (nSPS) is 21.2. The first-order valence-corrected chi connectivity index (χ1v) is 7.23. The first kappa shape index (κ1) is 14.5. The van der Waals surface area contributed by atoms with Crippen molar-refractivity contribution in [3.05, 3.63) is 17.5 Å². The second-order valence-electron chi connectivity index (χ2n) is 5.56. The highest BCUT2D eigenvalue weighted by Gasteiger charge is 2.22. The number of hydrogen-bond acceptors (Lipinski definition) is 5. The highest BCUT2D eigenvalue weighted by atomic mass is 16.5. The van der Waals surface area contributed by atoms with Crippen LogP contribution in [0.15, 0.2) is 10.6 Å². The van der Waals surface area contributed by atoms with E-state index in [0.29, 0.717) is 6.04 Å². The SMILES string of the molecule is CCNCc1cc(CN2CCCC(N(C)C)C2)on1. The van der Waals surface area contributed by atoms with Crippen LogP contribution in [0.5, 0.6) is 0 Å². The summed E-state index contributed by atoms with van der Waals surface area (Å²) in [6.45, 7) is 7.00. The molecule has 2 heterocycles. The van der Waals surface area contributed by atoms with E-state index in [9.17, 15) is 0 Å². The summed E-state index contributed by atoms with van der Waals surface area (Å²) >= 11 is 0. The number of nitrogens with one attached hydrogen (secondary N) is 1. The number of nitrogens with zero attached hydrogens (tertiary/aromatic N) is 3. The van der Waals surface area contributed by atoms with Crippen LogP contribution in [-0.2, 0) is 13.1 Å². The Labute approximate surface area is 115 Å². The molecule has 5 nitrogen and oxygen atoms in total. The summed E-state index contributed by atoms with van der Waals surface area (Å²) < 4.78 is 5.41. The topological polar surface area (TPSA) is 44.5 Å². The van der Waals surface area contributed by atoms with Crippen molar-refractivity contribution in [2.24, 2.45) is 0 Å². The quantitative estimate of drug-likeness (QED) is 0.841. The van der Waals surface area contributed by atoms with Crippen LogP contribution < -0.4 is 5.32 Å². The molecular formula is C14H26N4O. The van der Waals surface area contributed by atoms with E-state index in [4.69, 9.17) is 4.52 Å². The maximum Gasteiger partial charge on any atom is 0.151 e. The molecular weight excluding hydrogens is 240 g/mol. The van der Waals surface area contributed by atoms with Crippen LogP contribution in [0.2, 0.25) is 0 Å². The van der Waals surface area contributed by atoms with Gasteiger partial charge in [-0.25, -0.2) is 0 Å². The van der Waals surface area contributed by atoms with Gasteiger partial charge in [0.25, 0.3) is 0 Å². The predicted molar refractivity (Wildman–Crippen MR) is 75.9 cm³/mol. The van der Waals surface area contributed by atoms with Crippen molar-refractivity contribution >= 4 is 0 Å². The van der Waals surface area contributed by atoms with E-state index in [1.54, 1.807) is 0 Å². The average molecular weight is 266 g/mol. The summed E-state index contributed by atoms with van der Waals surface area (Å²) in [6, 6.07) is 2.74. The summed E-state index contributed by atoms with van der Waals surface area (Å²) in [7, 11) is 4.33. The van der Waals surface area contributed by atoms with Crippen molar-refractivity contribution in [3.63, 3.8) is 0 Å². The van der Waals surface area contributed by atoms with Crippen molar-refractivity contribution in [2.75, 3.05) is 33.7 Å². The summed E-state index contributed by atoms with van der Waals surface area (Å²) in [5, 5.41) is 7.36. The molecule has 1 fully saturated rings. The van der Waals surface area contributed by atoms with Gasteiger partial charge in [-0.05, 0) is 40.0 Å². The van der Waals surface area contributed by atoms with Crippen molar-refractivity contribution in [1.29, 1.82) is 0 Å². The van der Waals surface area contributed by atoms with Gasteiger partial charge in [0.05, 0.1) is 12.2 Å². The minimum atomic E-state index is 0.665. The van der Waals surface area contributed by atoms with Crippen LogP contribution in [0.3, 0.4) is 0 Å². The lowest BCUT2D eigenvalue weighted by Crippen LogP contribution is -2.44. The van der Waals surface area contributed by atoms with Gasteiger partial charge in [-0.15, -0.1) is 0 Å². The molecule has 1 aliphatic heterocycles. The van der Waals surface area contributed by atoms with Crippen LogP contribution >= 0.6 is 0 Å². The van der Waals surface area contributed by atoms with Crippen molar-refractivity contribution in [2.45, 2.75) is 38.9 Å². The molecule has 0 spiro atoms. The van der Waals surface area contributed by atoms with Gasteiger partial charge >= 0.3 is 0 Å². The van der Waals surface area contributed by atoms with Crippen molar-refractivity contribution in [1.82, 2.24) is 20.3 Å². The Morgan fingerprint density at radius 2 is 2.37 bits per heavy atom. The molecule has 2 rings (SSSR count). The van der Waals surface area contributed by atoms with Gasteiger partial charge < -0.3 is 14.7 Å². The number of rotatable bonds is 6. The van der Waals surface area contributed by atoms with Crippen LogP contribution in [0.1, 0.15) is 31.2 Å². The fourth-order valence-electron chi connectivity index (χ4n) is 2.58. The van der Waals surface area contributed by atoms with E-state index in [1.165, 1.54) is 12.8 Å². The molecule has 1 aromatic heterocycles. The Balaban J connectivity index is 1.84. The highest BCUT2D eigenvalue weighted by Crippen LogP contribution is 2.16.